The van der Waals surface area contributed by atoms with E-state index in [4.69, 9.17) is 4.74 Å². The fourth-order valence-corrected chi connectivity index (χ4v) is 2.88. The van der Waals surface area contributed by atoms with E-state index in [1.807, 2.05) is 6.07 Å². The van der Waals surface area contributed by atoms with Crippen LogP contribution >= 0.6 is 12.4 Å². The standard InChI is InChI=1S/C14H12N4O4S.ClH/c1-22-11-4-7-14-13(8-11)16-17-18(14)10-2-5-12(6-3-10)23(20,21)15-9-19;/h2-9H,1H3,(H,15,19);1H. The number of ether oxygens (including phenoxy) is 1. The van der Waals surface area contributed by atoms with Crippen LogP contribution in [-0.2, 0) is 14.8 Å². The Morgan fingerprint density at radius 2 is 1.88 bits per heavy atom. The van der Waals surface area contributed by atoms with Crippen LogP contribution in [0.3, 0.4) is 0 Å². The number of methoxy groups -OCH3 is 1. The molecule has 10 heteroatoms. The minimum absolute atomic E-state index is 0. The molecule has 1 heterocycles. The second kappa shape index (κ2) is 6.85. The molecule has 8 nitrogen and oxygen atoms in total. The quantitative estimate of drug-likeness (QED) is 0.680. The Bertz CT molecular complexity index is 970. The van der Waals surface area contributed by atoms with E-state index in [0.717, 1.165) is 5.52 Å². The molecule has 2 aromatic carbocycles. The van der Waals surface area contributed by atoms with E-state index < -0.39 is 10.0 Å². The lowest BCUT2D eigenvalue weighted by molar-refractivity contribution is -0.108. The van der Waals surface area contributed by atoms with E-state index in [1.54, 1.807) is 40.8 Å². The highest BCUT2D eigenvalue weighted by atomic mass is 35.5. The molecule has 0 aliphatic heterocycles. The van der Waals surface area contributed by atoms with Gasteiger partial charge in [0.25, 0.3) is 10.0 Å². The molecule has 0 fully saturated rings. The third kappa shape index (κ3) is 3.17. The summed E-state index contributed by atoms with van der Waals surface area (Å²) >= 11 is 0. The number of fused-ring (bicyclic) bond motifs is 1. The molecule has 0 saturated carbocycles. The highest BCUT2D eigenvalue weighted by Gasteiger charge is 2.13. The number of rotatable bonds is 5. The molecular formula is C14H13ClN4O4S. The van der Waals surface area contributed by atoms with Crippen LogP contribution in [0.1, 0.15) is 0 Å². The summed E-state index contributed by atoms with van der Waals surface area (Å²) in [4.78, 5) is 10.3. The topological polar surface area (TPSA) is 103 Å². The molecule has 126 valence electrons. The van der Waals surface area contributed by atoms with Gasteiger partial charge in [0.05, 0.1) is 23.2 Å². The van der Waals surface area contributed by atoms with Crippen LogP contribution in [0.5, 0.6) is 5.75 Å². The van der Waals surface area contributed by atoms with Crippen LogP contribution in [-0.4, -0.2) is 36.9 Å². The molecule has 0 unspecified atom stereocenters. The van der Waals surface area contributed by atoms with Crippen LogP contribution < -0.4 is 9.46 Å². The van der Waals surface area contributed by atoms with Crippen molar-refractivity contribution >= 4 is 39.9 Å². The summed E-state index contributed by atoms with van der Waals surface area (Å²) in [7, 11) is -2.26. The molecule has 1 aromatic heterocycles. The summed E-state index contributed by atoms with van der Waals surface area (Å²) in [5.74, 6) is 0.672. The number of carbonyl (C=O) groups excluding carboxylic acids is 1. The Hall–Kier alpha value is -2.65. The van der Waals surface area contributed by atoms with Gasteiger partial charge >= 0.3 is 0 Å². The van der Waals surface area contributed by atoms with Gasteiger partial charge in [0.2, 0.25) is 6.41 Å². The number of nitrogens with zero attached hydrogens (tertiary/aromatic N) is 3. The van der Waals surface area contributed by atoms with Crippen molar-refractivity contribution in [2.75, 3.05) is 7.11 Å². The van der Waals surface area contributed by atoms with Crippen molar-refractivity contribution in [2.24, 2.45) is 0 Å². The van der Waals surface area contributed by atoms with Crippen molar-refractivity contribution in [3.63, 3.8) is 0 Å². The molecule has 3 aromatic rings. The summed E-state index contributed by atoms with van der Waals surface area (Å²) in [5, 5.41) is 8.12. The van der Waals surface area contributed by atoms with Gasteiger partial charge in [0.1, 0.15) is 11.3 Å². The van der Waals surface area contributed by atoms with Gasteiger partial charge in [-0.2, -0.15) is 0 Å². The van der Waals surface area contributed by atoms with Crippen LogP contribution in [0.15, 0.2) is 47.4 Å². The van der Waals surface area contributed by atoms with Crippen molar-refractivity contribution in [1.82, 2.24) is 19.7 Å². The van der Waals surface area contributed by atoms with E-state index in [1.165, 1.54) is 12.1 Å². The van der Waals surface area contributed by atoms with Crippen molar-refractivity contribution in [1.29, 1.82) is 0 Å². The van der Waals surface area contributed by atoms with Gasteiger partial charge in [-0.15, -0.1) is 17.5 Å². The number of carbonyl (C=O) groups is 1. The van der Waals surface area contributed by atoms with Crippen LogP contribution in [0.2, 0.25) is 0 Å². The lowest BCUT2D eigenvalue weighted by Gasteiger charge is -2.05. The molecule has 0 aliphatic rings. The maximum absolute atomic E-state index is 11.7. The second-order valence-electron chi connectivity index (χ2n) is 4.59. The summed E-state index contributed by atoms with van der Waals surface area (Å²) in [6.45, 7) is 0. The zero-order valence-corrected chi connectivity index (χ0v) is 14.0. The van der Waals surface area contributed by atoms with Crippen LogP contribution in [0.4, 0.5) is 0 Å². The molecule has 0 saturated heterocycles. The number of nitrogens with one attached hydrogen (secondary N) is 1. The minimum atomic E-state index is -3.83. The summed E-state index contributed by atoms with van der Waals surface area (Å²) in [5.41, 5.74) is 2.05. The first-order chi connectivity index (χ1) is 11.0. The SMILES string of the molecule is COc1ccc2c(c1)nnn2-c1ccc(S(=O)(=O)NC=O)cc1.Cl. The first kappa shape index (κ1) is 17.7. The third-order valence-corrected chi connectivity index (χ3v) is 4.55. The van der Waals surface area contributed by atoms with Crippen molar-refractivity contribution < 1.29 is 17.9 Å². The highest BCUT2D eigenvalue weighted by molar-refractivity contribution is 7.90. The Morgan fingerprint density at radius 3 is 2.50 bits per heavy atom. The number of sulfonamides is 1. The fourth-order valence-electron chi connectivity index (χ4n) is 2.12. The Labute approximate surface area is 143 Å². The number of amides is 1. The van der Waals surface area contributed by atoms with E-state index in [9.17, 15) is 13.2 Å². The zero-order valence-electron chi connectivity index (χ0n) is 12.4. The van der Waals surface area contributed by atoms with E-state index in [0.29, 0.717) is 17.0 Å². The lowest BCUT2D eigenvalue weighted by atomic mass is 10.2. The molecule has 1 amide bonds. The van der Waals surface area contributed by atoms with Gasteiger partial charge in [0.15, 0.2) is 0 Å². The van der Waals surface area contributed by atoms with Gasteiger partial charge in [0, 0.05) is 6.07 Å². The van der Waals surface area contributed by atoms with Crippen LogP contribution in [0.25, 0.3) is 16.7 Å². The predicted octanol–water partition coefficient (Wildman–Crippen LogP) is 1.29. The molecule has 0 radical (unpaired) electrons. The molecule has 0 atom stereocenters. The first-order valence-electron chi connectivity index (χ1n) is 6.51. The molecule has 24 heavy (non-hydrogen) atoms. The average Bonchev–Trinajstić information content (AvgIpc) is 2.98. The minimum Gasteiger partial charge on any atom is -0.497 e. The largest absolute Gasteiger partial charge is 0.497 e. The Balaban J connectivity index is 0.00000208. The maximum atomic E-state index is 11.7. The fraction of sp³-hybridized carbons (Fsp3) is 0.0714. The molecule has 0 aliphatic carbocycles. The van der Waals surface area contributed by atoms with E-state index in [2.05, 4.69) is 10.3 Å². The summed E-state index contributed by atoms with van der Waals surface area (Å²) in [6.07, 6.45) is 0.127. The normalized spacial score (nSPS) is 10.9. The second-order valence-corrected chi connectivity index (χ2v) is 6.30. The van der Waals surface area contributed by atoms with Gasteiger partial charge in [-0.05, 0) is 36.4 Å². The Kier molecular flexibility index (Phi) is 5.05. The molecular weight excluding hydrogens is 356 g/mol. The van der Waals surface area contributed by atoms with Crippen molar-refractivity contribution in [3.05, 3.63) is 42.5 Å². The number of benzene rings is 2. The van der Waals surface area contributed by atoms with Gasteiger partial charge in [-0.1, -0.05) is 5.21 Å². The van der Waals surface area contributed by atoms with E-state index in [-0.39, 0.29) is 23.7 Å². The smallest absolute Gasteiger partial charge is 0.263 e. The summed E-state index contributed by atoms with van der Waals surface area (Å²) in [6, 6.07) is 11.3. The summed E-state index contributed by atoms with van der Waals surface area (Å²) < 4.78 is 31.9. The van der Waals surface area contributed by atoms with Crippen molar-refractivity contribution in [2.45, 2.75) is 4.90 Å². The van der Waals surface area contributed by atoms with Crippen molar-refractivity contribution in [3.8, 4) is 11.4 Å². The van der Waals surface area contributed by atoms with E-state index >= 15 is 0 Å². The Morgan fingerprint density at radius 1 is 1.17 bits per heavy atom. The zero-order chi connectivity index (χ0) is 16.4. The molecule has 0 spiro atoms. The first-order valence-corrected chi connectivity index (χ1v) is 7.99. The molecule has 0 bridgehead atoms. The highest BCUT2D eigenvalue weighted by Crippen LogP contribution is 2.22. The van der Waals surface area contributed by atoms with Gasteiger partial charge in [-0.3, -0.25) is 9.52 Å². The number of hydrogen-bond acceptors (Lipinski definition) is 6. The monoisotopic (exact) mass is 368 g/mol. The number of hydrogen-bond donors (Lipinski definition) is 1. The average molecular weight is 369 g/mol. The van der Waals surface area contributed by atoms with Gasteiger partial charge < -0.3 is 4.74 Å². The van der Waals surface area contributed by atoms with Crippen LogP contribution in [0, 0.1) is 0 Å². The molecule has 1 N–H and O–H groups in total. The number of aromatic nitrogens is 3. The van der Waals surface area contributed by atoms with Gasteiger partial charge in [-0.25, -0.2) is 13.1 Å². The third-order valence-electron chi connectivity index (χ3n) is 3.25. The number of halogens is 1. The predicted molar refractivity (Wildman–Crippen MR) is 89.1 cm³/mol. The maximum Gasteiger partial charge on any atom is 0.263 e. The molecule has 3 rings (SSSR count). The lowest BCUT2D eigenvalue weighted by Crippen LogP contribution is -2.21.